The molecule has 0 unspecified atom stereocenters. The van der Waals surface area contributed by atoms with Gasteiger partial charge in [-0.05, 0) is 41.7 Å². The number of halogens is 4. The molecule has 5 N–H and O–H groups in total. The fraction of sp³-hybridized carbons (Fsp3) is 0.371. The van der Waals surface area contributed by atoms with Crippen LogP contribution in [0, 0.1) is 5.92 Å². The van der Waals surface area contributed by atoms with Crippen molar-refractivity contribution in [1.29, 1.82) is 0 Å². The number of nitrogens with one attached hydrogen (secondary N) is 1. The van der Waals surface area contributed by atoms with Crippen molar-refractivity contribution in [3.05, 3.63) is 95.5 Å². The van der Waals surface area contributed by atoms with Crippen LogP contribution in [0.4, 0.5) is 22.4 Å². The lowest BCUT2D eigenvalue weighted by molar-refractivity contribution is -0.146. The van der Waals surface area contributed by atoms with Gasteiger partial charge in [0, 0.05) is 31.7 Å². The molecule has 0 aliphatic heterocycles. The molecule has 3 aromatic carbocycles. The molecular formula is C35H37F4N5O6S2. The van der Waals surface area contributed by atoms with Crippen LogP contribution in [-0.2, 0) is 24.3 Å². The maximum Gasteiger partial charge on any atom is 0.407 e. The van der Waals surface area contributed by atoms with Crippen LogP contribution in [0.2, 0.25) is 0 Å². The van der Waals surface area contributed by atoms with E-state index in [4.69, 9.17) is 16.2 Å². The van der Waals surface area contributed by atoms with Crippen molar-refractivity contribution in [1.82, 2.24) is 14.6 Å². The molecule has 4 aromatic rings. The number of alkyl halides is 4. The molecule has 17 heteroatoms. The van der Waals surface area contributed by atoms with Gasteiger partial charge in [-0.2, -0.15) is 4.31 Å². The first kappa shape index (κ1) is 38.8. The highest BCUT2D eigenvalue weighted by Gasteiger charge is 2.60. The number of aromatic nitrogens is 1. The highest BCUT2D eigenvalue weighted by atomic mass is 32.2. The zero-order chi connectivity index (χ0) is 37.9. The van der Waals surface area contributed by atoms with Crippen LogP contribution in [-0.4, -0.2) is 79.1 Å². The smallest absolute Gasteiger partial charge is 0.407 e. The number of sulfonamides is 1. The van der Waals surface area contributed by atoms with Gasteiger partial charge in [0.1, 0.15) is 6.04 Å². The third kappa shape index (κ3) is 7.96. The lowest BCUT2D eigenvalue weighted by atomic mass is 9.74. The van der Waals surface area contributed by atoms with Crippen LogP contribution in [0.25, 0.3) is 10.2 Å². The number of hydrogen-bond donors (Lipinski definition) is 3. The Balaban J connectivity index is 1.79. The second-order valence-electron chi connectivity index (χ2n) is 12.7. The number of ether oxygens (including phenoxy) is 1. The van der Waals surface area contributed by atoms with Gasteiger partial charge in [-0.1, -0.05) is 60.7 Å². The lowest BCUT2D eigenvalue weighted by Gasteiger charge is -2.46. The van der Waals surface area contributed by atoms with E-state index in [0.717, 1.165) is 24.5 Å². The molecule has 0 saturated heterocycles. The Bertz CT molecular complexity index is 1970. The van der Waals surface area contributed by atoms with Crippen molar-refractivity contribution < 1.29 is 45.1 Å². The van der Waals surface area contributed by atoms with Crippen molar-refractivity contribution in [2.45, 2.75) is 59.9 Å². The summed E-state index contributed by atoms with van der Waals surface area (Å²) in [5.41, 5.74) is 10.8. The molecule has 2 amide bonds. The average Bonchev–Trinajstić information content (AvgIpc) is 3.59. The van der Waals surface area contributed by atoms with Gasteiger partial charge in [0.2, 0.25) is 21.9 Å². The summed E-state index contributed by atoms with van der Waals surface area (Å²) < 4.78 is 93.9. The van der Waals surface area contributed by atoms with Crippen LogP contribution >= 0.6 is 11.3 Å². The number of methoxy groups -OCH3 is 1. The summed E-state index contributed by atoms with van der Waals surface area (Å²) in [7, 11) is -4.09. The van der Waals surface area contributed by atoms with E-state index in [1.807, 2.05) is 0 Å². The SMILES string of the molecule is COC(=O)N[C@H](C(=O)[C@](CCC(F)(F)CN)(C(N)=O)N(CC1CC(F)(F)C1)S(=O)(=O)c1ccc2ncsc2c1)C(c1ccccc1)c1ccccc1. The standard InChI is InChI=1S/C35H37F4N5O6S2/c1-50-32(47)43-29(28(23-8-4-2-5-9-23)24-10-6-3-7-11-24)30(45)35(31(41)46,15-14-33(36,37)20-40)44(19-22-17-34(38,39)18-22)52(48,49)25-12-13-26-27(16-25)51-21-42-26/h2-13,16,21-22,28-29H,14-15,17-20,40H2,1H3,(H2,41,46)(H,43,47)/t29-,35+/m0/s1. The van der Waals surface area contributed by atoms with E-state index in [1.54, 1.807) is 60.7 Å². The number of carbonyl (C=O) groups is 3. The third-order valence-corrected chi connectivity index (χ3v) is 12.0. The molecule has 1 fully saturated rings. The fourth-order valence-corrected chi connectivity index (χ4v) is 9.22. The summed E-state index contributed by atoms with van der Waals surface area (Å²) in [6, 6.07) is 18.2. The Hall–Kier alpha value is -4.45. The second-order valence-corrected chi connectivity index (χ2v) is 15.5. The van der Waals surface area contributed by atoms with Gasteiger partial charge in [0.15, 0.2) is 11.3 Å². The van der Waals surface area contributed by atoms with E-state index in [-0.39, 0.29) is 0 Å². The number of hydrogen-bond acceptors (Lipinski definition) is 9. The molecule has 2 atom stereocenters. The third-order valence-electron chi connectivity index (χ3n) is 9.27. The predicted octanol–water partition coefficient (Wildman–Crippen LogP) is 5.06. The van der Waals surface area contributed by atoms with Gasteiger partial charge in [-0.3, -0.25) is 9.59 Å². The van der Waals surface area contributed by atoms with Gasteiger partial charge >= 0.3 is 6.09 Å². The largest absolute Gasteiger partial charge is 0.453 e. The van der Waals surface area contributed by atoms with E-state index in [2.05, 4.69) is 10.3 Å². The van der Waals surface area contributed by atoms with Crippen molar-refractivity contribution in [3.8, 4) is 0 Å². The molecule has 1 aromatic heterocycles. The number of thiazole rings is 1. The highest BCUT2D eigenvalue weighted by Crippen LogP contribution is 2.46. The quantitative estimate of drug-likeness (QED) is 0.105. The molecule has 5 rings (SSSR count). The summed E-state index contributed by atoms with van der Waals surface area (Å²) in [6.07, 6.45) is -5.33. The van der Waals surface area contributed by atoms with Crippen molar-refractivity contribution >= 4 is 49.4 Å². The minimum absolute atomic E-state index is 0.373. The van der Waals surface area contributed by atoms with Crippen LogP contribution < -0.4 is 16.8 Å². The first-order chi connectivity index (χ1) is 24.5. The number of Topliss-reactive ketones (excluding diaryl/α,β-unsaturated/α-hetero) is 1. The Morgan fingerprint density at radius 2 is 1.62 bits per heavy atom. The predicted molar refractivity (Wildman–Crippen MR) is 185 cm³/mol. The van der Waals surface area contributed by atoms with E-state index >= 15 is 13.6 Å². The van der Waals surface area contributed by atoms with Gasteiger partial charge < -0.3 is 21.5 Å². The number of primary amides is 1. The topological polar surface area (TPSA) is 175 Å². The number of alkyl carbamates (subject to hydrolysis) is 1. The maximum atomic E-state index is 15.4. The normalized spacial score (nSPS) is 16.6. The second kappa shape index (κ2) is 15.3. The summed E-state index contributed by atoms with van der Waals surface area (Å²) in [5.74, 6) is -12.2. The molecule has 278 valence electrons. The number of fused-ring (bicyclic) bond motifs is 1. The van der Waals surface area contributed by atoms with Gasteiger partial charge in [0.05, 0.1) is 34.3 Å². The van der Waals surface area contributed by atoms with E-state index in [0.29, 0.717) is 25.6 Å². The van der Waals surface area contributed by atoms with Crippen LogP contribution in [0.1, 0.15) is 42.7 Å². The number of rotatable bonds is 16. The number of nitrogens with zero attached hydrogens (tertiary/aromatic N) is 2. The summed E-state index contributed by atoms with van der Waals surface area (Å²) >= 11 is 1.08. The maximum absolute atomic E-state index is 15.4. The zero-order valence-electron chi connectivity index (χ0n) is 27.9. The van der Waals surface area contributed by atoms with E-state index < -0.39 is 107 Å². The summed E-state index contributed by atoms with van der Waals surface area (Å²) in [4.78, 5) is 46.1. The molecule has 1 aliphatic carbocycles. The van der Waals surface area contributed by atoms with Gasteiger partial charge in [-0.15, -0.1) is 11.3 Å². The van der Waals surface area contributed by atoms with Crippen molar-refractivity contribution in [2.24, 2.45) is 17.4 Å². The van der Waals surface area contributed by atoms with Crippen LogP contribution in [0.3, 0.4) is 0 Å². The Labute approximate surface area is 301 Å². The zero-order valence-corrected chi connectivity index (χ0v) is 29.5. The minimum atomic E-state index is -5.10. The van der Waals surface area contributed by atoms with Gasteiger partial charge in [0.25, 0.3) is 5.92 Å². The van der Waals surface area contributed by atoms with Crippen molar-refractivity contribution in [2.75, 3.05) is 20.2 Å². The van der Waals surface area contributed by atoms with Crippen LogP contribution in [0.5, 0.6) is 0 Å². The molecule has 1 heterocycles. The molecule has 1 saturated carbocycles. The van der Waals surface area contributed by atoms with E-state index in [9.17, 15) is 26.8 Å². The summed E-state index contributed by atoms with van der Waals surface area (Å²) in [5, 5.41) is 2.42. The van der Waals surface area contributed by atoms with Crippen LogP contribution in [0.15, 0.2) is 89.3 Å². The number of nitrogens with two attached hydrogens (primary N) is 2. The molecular weight excluding hydrogens is 727 g/mol. The molecule has 52 heavy (non-hydrogen) atoms. The number of benzene rings is 3. The molecule has 11 nitrogen and oxygen atoms in total. The molecule has 0 spiro atoms. The molecule has 1 aliphatic rings. The highest BCUT2D eigenvalue weighted by molar-refractivity contribution is 7.89. The fourth-order valence-electron chi connectivity index (χ4n) is 6.58. The Morgan fingerprint density at radius 3 is 2.13 bits per heavy atom. The first-order valence-electron chi connectivity index (χ1n) is 16.1. The Kier molecular flexibility index (Phi) is 11.4. The average molecular weight is 764 g/mol. The van der Waals surface area contributed by atoms with Gasteiger partial charge in [-0.25, -0.2) is 35.8 Å². The minimum Gasteiger partial charge on any atom is -0.453 e. The number of carbonyl (C=O) groups excluding carboxylic acids is 3. The number of ketones is 1. The first-order valence-corrected chi connectivity index (χ1v) is 18.5. The monoisotopic (exact) mass is 763 g/mol. The van der Waals surface area contributed by atoms with Crippen molar-refractivity contribution in [3.63, 3.8) is 0 Å². The molecule has 0 bridgehead atoms. The van der Waals surface area contributed by atoms with E-state index in [1.165, 1.54) is 17.6 Å². The Morgan fingerprint density at radius 1 is 1.02 bits per heavy atom. The molecule has 0 radical (unpaired) electrons. The lowest BCUT2D eigenvalue weighted by Crippen LogP contribution is -2.70. The summed E-state index contributed by atoms with van der Waals surface area (Å²) in [6.45, 7) is -2.10. The number of amides is 2.